The topological polar surface area (TPSA) is 69.7 Å². The number of carbonyl (C=O) groups is 3. The van der Waals surface area contributed by atoms with Gasteiger partial charge >= 0.3 is 6.03 Å². The standard InChI is InChI=1S/C13H13N3O3/c17-11-6-14-13(19)16(11)10-7-15(8-10)12(18)9-4-2-1-3-5-9/h1-5,10H,6-8H2,(H,14,19). The number of hydrogen-bond acceptors (Lipinski definition) is 3. The molecule has 0 bridgehead atoms. The fraction of sp³-hybridized carbons (Fsp3) is 0.308. The van der Waals surface area contributed by atoms with E-state index in [1.165, 1.54) is 4.90 Å². The Labute approximate surface area is 110 Å². The molecule has 4 amide bonds. The van der Waals surface area contributed by atoms with Gasteiger partial charge in [0.25, 0.3) is 5.91 Å². The van der Waals surface area contributed by atoms with Crippen LogP contribution >= 0.6 is 0 Å². The second-order valence-corrected chi connectivity index (χ2v) is 4.65. The zero-order valence-corrected chi connectivity index (χ0v) is 10.2. The smallest absolute Gasteiger partial charge is 0.324 e. The number of hydrogen-bond donors (Lipinski definition) is 1. The number of rotatable bonds is 2. The van der Waals surface area contributed by atoms with Crippen molar-refractivity contribution in [2.75, 3.05) is 19.6 Å². The highest BCUT2D eigenvalue weighted by atomic mass is 16.2. The van der Waals surface area contributed by atoms with Gasteiger partial charge in [0, 0.05) is 18.7 Å². The number of nitrogens with zero attached hydrogens (tertiary/aromatic N) is 2. The van der Waals surface area contributed by atoms with E-state index in [2.05, 4.69) is 5.32 Å². The number of benzene rings is 1. The van der Waals surface area contributed by atoms with Crippen LogP contribution in [0.4, 0.5) is 4.79 Å². The molecule has 98 valence electrons. The van der Waals surface area contributed by atoms with Gasteiger partial charge in [-0.15, -0.1) is 0 Å². The molecule has 1 aromatic rings. The molecule has 3 rings (SSSR count). The van der Waals surface area contributed by atoms with Crippen LogP contribution in [0.5, 0.6) is 0 Å². The molecule has 0 spiro atoms. The molecular weight excluding hydrogens is 246 g/mol. The molecule has 2 fully saturated rings. The zero-order chi connectivity index (χ0) is 13.4. The van der Waals surface area contributed by atoms with Gasteiger partial charge in [-0.05, 0) is 12.1 Å². The van der Waals surface area contributed by atoms with Crippen molar-refractivity contribution in [3.05, 3.63) is 35.9 Å². The van der Waals surface area contributed by atoms with E-state index in [9.17, 15) is 14.4 Å². The van der Waals surface area contributed by atoms with E-state index in [0.29, 0.717) is 18.7 Å². The van der Waals surface area contributed by atoms with Crippen LogP contribution in [0.15, 0.2) is 30.3 Å². The fourth-order valence-electron chi connectivity index (χ4n) is 2.35. The van der Waals surface area contributed by atoms with Gasteiger partial charge in [-0.1, -0.05) is 18.2 Å². The molecule has 1 N–H and O–H groups in total. The third-order valence-electron chi connectivity index (χ3n) is 3.41. The third kappa shape index (κ3) is 1.95. The molecule has 0 unspecified atom stereocenters. The summed E-state index contributed by atoms with van der Waals surface area (Å²) in [5, 5.41) is 2.48. The predicted molar refractivity (Wildman–Crippen MR) is 66.4 cm³/mol. The molecule has 2 aliphatic heterocycles. The summed E-state index contributed by atoms with van der Waals surface area (Å²) in [6.45, 7) is 0.877. The van der Waals surface area contributed by atoms with Gasteiger partial charge in [0.15, 0.2) is 0 Å². The van der Waals surface area contributed by atoms with Crippen molar-refractivity contribution in [1.29, 1.82) is 0 Å². The Morgan fingerprint density at radius 3 is 2.42 bits per heavy atom. The van der Waals surface area contributed by atoms with E-state index in [1.54, 1.807) is 17.0 Å². The second-order valence-electron chi connectivity index (χ2n) is 4.65. The molecule has 2 saturated heterocycles. The molecule has 0 aliphatic carbocycles. The van der Waals surface area contributed by atoms with Crippen LogP contribution in [-0.2, 0) is 4.79 Å². The Balaban J connectivity index is 1.63. The normalized spacial score (nSPS) is 19.4. The van der Waals surface area contributed by atoms with Crippen LogP contribution in [0.25, 0.3) is 0 Å². The Bertz CT molecular complexity index is 521. The summed E-state index contributed by atoms with van der Waals surface area (Å²) in [6.07, 6.45) is 0. The summed E-state index contributed by atoms with van der Waals surface area (Å²) < 4.78 is 0. The van der Waals surface area contributed by atoms with Crippen molar-refractivity contribution in [3.8, 4) is 0 Å². The molecule has 6 nitrogen and oxygen atoms in total. The summed E-state index contributed by atoms with van der Waals surface area (Å²) in [7, 11) is 0. The summed E-state index contributed by atoms with van der Waals surface area (Å²) in [4.78, 5) is 37.9. The number of amides is 4. The molecule has 6 heteroatoms. The minimum absolute atomic E-state index is 0.0575. The molecule has 1 aromatic carbocycles. The quantitative estimate of drug-likeness (QED) is 0.764. The lowest BCUT2D eigenvalue weighted by atomic mass is 10.1. The maximum Gasteiger partial charge on any atom is 0.324 e. The van der Waals surface area contributed by atoms with E-state index in [-0.39, 0.29) is 30.4 Å². The van der Waals surface area contributed by atoms with Gasteiger partial charge in [-0.2, -0.15) is 0 Å². The van der Waals surface area contributed by atoms with E-state index in [4.69, 9.17) is 0 Å². The molecule has 0 atom stereocenters. The predicted octanol–water partition coefficient (Wildman–Crippen LogP) is 0.0628. The Kier molecular flexibility index (Phi) is 2.70. The van der Waals surface area contributed by atoms with Crippen LogP contribution in [0.2, 0.25) is 0 Å². The first-order chi connectivity index (χ1) is 9.16. The minimum Gasteiger partial charge on any atom is -0.334 e. The van der Waals surface area contributed by atoms with Crippen LogP contribution < -0.4 is 5.32 Å². The van der Waals surface area contributed by atoms with Crippen molar-refractivity contribution < 1.29 is 14.4 Å². The summed E-state index contributed by atoms with van der Waals surface area (Å²) in [5.41, 5.74) is 0.623. The molecule has 0 saturated carbocycles. The maximum atomic E-state index is 12.1. The largest absolute Gasteiger partial charge is 0.334 e. The second kappa shape index (κ2) is 4.38. The first-order valence-electron chi connectivity index (χ1n) is 6.11. The Hall–Kier alpha value is -2.37. The van der Waals surface area contributed by atoms with E-state index >= 15 is 0 Å². The van der Waals surface area contributed by atoms with Crippen LogP contribution in [-0.4, -0.2) is 53.3 Å². The summed E-state index contributed by atoms with van der Waals surface area (Å²) in [5.74, 6) is -0.286. The highest BCUT2D eigenvalue weighted by molar-refractivity contribution is 6.03. The monoisotopic (exact) mass is 259 g/mol. The van der Waals surface area contributed by atoms with Gasteiger partial charge in [0.05, 0.1) is 12.6 Å². The fourth-order valence-corrected chi connectivity index (χ4v) is 2.35. The lowest BCUT2D eigenvalue weighted by Crippen LogP contribution is -2.62. The molecule has 0 aromatic heterocycles. The Morgan fingerprint density at radius 1 is 1.16 bits per heavy atom. The highest BCUT2D eigenvalue weighted by Gasteiger charge is 2.42. The van der Waals surface area contributed by atoms with E-state index < -0.39 is 0 Å². The molecule has 19 heavy (non-hydrogen) atoms. The average Bonchev–Trinajstić information content (AvgIpc) is 2.70. The molecule has 0 radical (unpaired) electrons. The average molecular weight is 259 g/mol. The van der Waals surface area contributed by atoms with E-state index in [0.717, 1.165) is 0 Å². The van der Waals surface area contributed by atoms with Gasteiger partial charge in [-0.3, -0.25) is 14.5 Å². The van der Waals surface area contributed by atoms with Crippen molar-refractivity contribution in [1.82, 2.24) is 15.1 Å². The molecule has 2 heterocycles. The lowest BCUT2D eigenvalue weighted by Gasteiger charge is -2.42. The first kappa shape index (κ1) is 11.7. The van der Waals surface area contributed by atoms with Gasteiger partial charge in [0.1, 0.15) is 0 Å². The Morgan fingerprint density at radius 2 is 1.84 bits per heavy atom. The van der Waals surface area contributed by atoms with Crippen molar-refractivity contribution in [2.24, 2.45) is 0 Å². The van der Waals surface area contributed by atoms with Gasteiger partial charge in [-0.25, -0.2) is 4.79 Å². The first-order valence-corrected chi connectivity index (χ1v) is 6.11. The molecule has 2 aliphatic rings. The van der Waals surface area contributed by atoms with Gasteiger partial charge in [0.2, 0.25) is 5.91 Å². The zero-order valence-electron chi connectivity index (χ0n) is 10.2. The number of nitrogens with one attached hydrogen (secondary N) is 1. The summed E-state index contributed by atoms with van der Waals surface area (Å²) >= 11 is 0. The van der Waals surface area contributed by atoms with Crippen LogP contribution in [0, 0.1) is 0 Å². The number of imide groups is 1. The SMILES string of the molecule is O=C(c1ccccc1)N1CC(N2C(=O)CNC2=O)C1. The van der Waals surface area contributed by atoms with Gasteiger partial charge < -0.3 is 10.2 Å². The molecular formula is C13H13N3O3. The third-order valence-corrected chi connectivity index (χ3v) is 3.41. The number of likely N-dealkylation sites (tertiary alicyclic amines) is 1. The van der Waals surface area contributed by atoms with Crippen LogP contribution in [0.1, 0.15) is 10.4 Å². The van der Waals surface area contributed by atoms with Crippen LogP contribution in [0.3, 0.4) is 0 Å². The van der Waals surface area contributed by atoms with E-state index in [1.807, 2.05) is 18.2 Å². The highest BCUT2D eigenvalue weighted by Crippen LogP contribution is 2.19. The van der Waals surface area contributed by atoms with Crippen molar-refractivity contribution >= 4 is 17.8 Å². The number of carbonyl (C=O) groups excluding carboxylic acids is 3. The minimum atomic E-state index is -0.359. The summed E-state index contributed by atoms with van der Waals surface area (Å²) in [6, 6.07) is 8.42. The van der Waals surface area contributed by atoms with Crippen molar-refractivity contribution in [3.63, 3.8) is 0 Å². The lowest BCUT2D eigenvalue weighted by molar-refractivity contribution is -0.128. The van der Waals surface area contributed by atoms with Crippen molar-refractivity contribution in [2.45, 2.75) is 6.04 Å². The maximum absolute atomic E-state index is 12.1. The number of urea groups is 1.